The lowest BCUT2D eigenvalue weighted by molar-refractivity contribution is -0.144. The van der Waals surface area contributed by atoms with Crippen LogP contribution in [0.5, 0.6) is 0 Å². The highest BCUT2D eigenvalue weighted by Gasteiger charge is 2.40. The van der Waals surface area contributed by atoms with Gasteiger partial charge in [0, 0.05) is 62.3 Å². The van der Waals surface area contributed by atoms with Gasteiger partial charge in [0.1, 0.15) is 24.2 Å². The number of benzene rings is 2. The first-order valence-corrected chi connectivity index (χ1v) is 23.6. The fourth-order valence-corrected chi connectivity index (χ4v) is 9.72. The minimum Gasteiger partial charge on any atom is -0.388 e. The number of nitrogens with zero attached hydrogens (tertiary/aromatic N) is 1. The molecule has 6 rings (SSSR count). The van der Waals surface area contributed by atoms with E-state index in [-0.39, 0.29) is 74.5 Å². The molecular weight excluding hydrogens is 827 g/mol. The molecule has 3 heterocycles. The van der Waals surface area contributed by atoms with E-state index in [1.807, 2.05) is 54.6 Å². The number of amides is 6. The Labute approximate surface area is 381 Å². The van der Waals surface area contributed by atoms with Crippen molar-refractivity contribution in [3.05, 3.63) is 71.9 Å². The number of carbonyl (C=O) groups excluding carboxylic acids is 7. The van der Waals surface area contributed by atoms with Crippen LogP contribution in [-0.4, -0.2) is 100 Å². The zero-order chi connectivity index (χ0) is 46.3. The third-order valence-corrected chi connectivity index (χ3v) is 13.2. The highest BCUT2D eigenvalue weighted by Crippen LogP contribution is 2.29. The second kappa shape index (κ2) is 23.7. The smallest absolute Gasteiger partial charge is 0.243 e. The van der Waals surface area contributed by atoms with Crippen LogP contribution in [0.25, 0.3) is 10.9 Å². The third-order valence-electron chi connectivity index (χ3n) is 13.2. The Morgan fingerprint density at radius 3 is 2.26 bits per heavy atom. The SMILES string of the molecule is CC(=O)N[C@@H](Cc1ccccc1)C(=O)C[C@H]1CCCNC(=O)[C@@H](CCCCC(=N)N)NC(=O)[C@H](Cc2c[nH]c3ccccc23)NC(=O)[C@@H](CC2CCCCC2)NC(=O)[C@@H]2CCCN2C1=O. The molecule has 16 nitrogen and oxygen atoms in total. The molecule has 0 bridgehead atoms. The van der Waals surface area contributed by atoms with Crippen molar-refractivity contribution >= 4 is 58.0 Å². The molecule has 1 aromatic heterocycles. The van der Waals surface area contributed by atoms with Crippen molar-refractivity contribution in [2.24, 2.45) is 17.6 Å². The molecule has 3 fully saturated rings. The maximum absolute atomic E-state index is 14.7. The number of rotatable bonds is 15. The Hall–Kier alpha value is -6.06. The number of carbonyl (C=O) groups is 7. The molecule has 6 amide bonds. The maximum Gasteiger partial charge on any atom is 0.243 e. The number of hydrogen-bond acceptors (Lipinski definition) is 8. The molecule has 65 heavy (non-hydrogen) atoms. The Morgan fingerprint density at radius 1 is 0.800 bits per heavy atom. The Balaban J connectivity index is 1.31. The van der Waals surface area contributed by atoms with Gasteiger partial charge in [0.25, 0.3) is 0 Å². The number of nitrogens with one attached hydrogen (secondary N) is 7. The second-order valence-corrected chi connectivity index (χ2v) is 18.2. The molecule has 0 spiro atoms. The lowest BCUT2D eigenvalue weighted by Crippen LogP contribution is -2.59. The molecule has 0 radical (unpaired) electrons. The molecule has 1 aliphatic carbocycles. The van der Waals surface area contributed by atoms with E-state index in [0.29, 0.717) is 44.9 Å². The maximum atomic E-state index is 14.7. The van der Waals surface area contributed by atoms with Crippen molar-refractivity contribution in [2.45, 2.75) is 146 Å². The number of H-pyrrole nitrogens is 1. The summed E-state index contributed by atoms with van der Waals surface area (Å²) in [5, 5.41) is 23.2. The molecule has 0 unspecified atom stereocenters. The zero-order valence-electron chi connectivity index (χ0n) is 37.6. The van der Waals surface area contributed by atoms with E-state index in [1.165, 1.54) is 11.8 Å². The summed E-state index contributed by atoms with van der Waals surface area (Å²) in [6.45, 7) is 1.75. The molecule has 3 aliphatic rings. The van der Waals surface area contributed by atoms with Gasteiger partial charge in [-0.15, -0.1) is 0 Å². The van der Waals surface area contributed by atoms with Crippen molar-refractivity contribution in [3.63, 3.8) is 0 Å². The van der Waals surface area contributed by atoms with Gasteiger partial charge in [-0.2, -0.15) is 0 Å². The van der Waals surface area contributed by atoms with Gasteiger partial charge in [-0.1, -0.05) is 87.1 Å². The van der Waals surface area contributed by atoms with Crippen molar-refractivity contribution in [2.75, 3.05) is 13.1 Å². The van der Waals surface area contributed by atoms with Crippen LogP contribution in [-0.2, 0) is 46.4 Å². The third kappa shape index (κ3) is 14.0. The molecule has 16 heteroatoms. The van der Waals surface area contributed by atoms with Crippen LogP contribution in [0.1, 0.15) is 114 Å². The first kappa shape index (κ1) is 48.4. The number of ketones is 1. The topological polar surface area (TPSA) is 249 Å². The molecule has 350 valence electrons. The molecular formula is C49H67N9O7. The highest BCUT2D eigenvalue weighted by atomic mass is 16.2. The van der Waals surface area contributed by atoms with E-state index in [0.717, 1.165) is 54.1 Å². The number of amidine groups is 1. The van der Waals surface area contributed by atoms with Crippen molar-refractivity contribution in [1.29, 1.82) is 5.41 Å². The van der Waals surface area contributed by atoms with Gasteiger partial charge in [-0.25, -0.2) is 0 Å². The molecule has 9 N–H and O–H groups in total. The lowest BCUT2D eigenvalue weighted by Gasteiger charge is -2.32. The minimum atomic E-state index is -1.12. The van der Waals surface area contributed by atoms with Crippen LogP contribution in [0.15, 0.2) is 60.8 Å². The van der Waals surface area contributed by atoms with Crippen LogP contribution in [0.3, 0.4) is 0 Å². The van der Waals surface area contributed by atoms with E-state index >= 15 is 0 Å². The van der Waals surface area contributed by atoms with Gasteiger partial charge in [0.15, 0.2) is 5.78 Å². The van der Waals surface area contributed by atoms with Gasteiger partial charge in [-0.3, -0.25) is 39.0 Å². The van der Waals surface area contributed by atoms with Gasteiger partial charge < -0.3 is 42.2 Å². The van der Waals surface area contributed by atoms with E-state index in [2.05, 4.69) is 31.6 Å². The van der Waals surface area contributed by atoms with Crippen molar-refractivity contribution in [3.8, 4) is 0 Å². The van der Waals surface area contributed by atoms with E-state index < -0.39 is 59.8 Å². The number of aromatic nitrogens is 1. The summed E-state index contributed by atoms with van der Waals surface area (Å²) >= 11 is 0. The summed E-state index contributed by atoms with van der Waals surface area (Å²) in [6.07, 6.45) is 10.2. The van der Waals surface area contributed by atoms with Crippen LogP contribution >= 0.6 is 0 Å². The fraction of sp³-hybridized carbons (Fsp3) is 0.551. The summed E-state index contributed by atoms with van der Waals surface area (Å²) in [4.78, 5) is 103. The van der Waals surface area contributed by atoms with Crippen LogP contribution in [0.2, 0.25) is 0 Å². The van der Waals surface area contributed by atoms with Crippen LogP contribution < -0.4 is 32.3 Å². The molecule has 2 aromatic carbocycles. The van der Waals surface area contributed by atoms with Crippen molar-refractivity contribution in [1.82, 2.24) is 36.5 Å². The summed E-state index contributed by atoms with van der Waals surface area (Å²) in [7, 11) is 0. The number of nitrogens with two attached hydrogens (primary N) is 1. The quantitative estimate of drug-likeness (QED) is 0.0631. The summed E-state index contributed by atoms with van der Waals surface area (Å²) in [5.74, 6) is -3.77. The number of para-hydroxylation sites is 1. The summed E-state index contributed by atoms with van der Waals surface area (Å²) in [6, 6.07) is 12.0. The zero-order valence-corrected chi connectivity index (χ0v) is 37.6. The van der Waals surface area contributed by atoms with E-state index in [1.54, 1.807) is 6.20 Å². The highest BCUT2D eigenvalue weighted by molar-refractivity contribution is 5.97. The average molecular weight is 894 g/mol. The number of unbranched alkanes of at least 4 members (excludes halogenated alkanes) is 1. The number of hydrogen-bond donors (Lipinski definition) is 8. The van der Waals surface area contributed by atoms with Crippen molar-refractivity contribution < 1.29 is 33.6 Å². The second-order valence-electron chi connectivity index (χ2n) is 18.2. The van der Waals surface area contributed by atoms with Gasteiger partial charge in [0.2, 0.25) is 35.4 Å². The fourth-order valence-electron chi connectivity index (χ4n) is 9.72. The molecule has 6 atom stereocenters. The lowest BCUT2D eigenvalue weighted by atomic mass is 9.84. The Kier molecular flexibility index (Phi) is 17.7. The first-order valence-electron chi connectivity index (χ1n) is 23.6. The predicted octanol–water partition coefficient (Wildman–Crippen LogP) is 3.86. The van der Waals surface area contributed by atoms with Gasteiger partial charge in [0.05, 0.1) is 11.9 Å². The number of Topliss-reactive ketones (excluding diaryl/α,β-unsaturated/α-hetero) is 1. The van der Waals surface area contributed by atoms with Gasteiger partial charge >= 0.3 is 0 Å². The Morgan fingerprint density at radius 2 is 1.51 bits per heavy atom. The minimum absolute atomic E-state index is 0.0193. The standard InChI is InChI=1S/C49H67N9O7/c1-31(59)54-39(26-32-14-4-2-5-15-32)43(60)29-34-18-12-24-52-45(61)38(21-10-11-23-44(50)51)55-47(63)41(28-35-30-53-37-20-9-8-19-36(35)37)56-46(62)40(27-33-16-6-3-7-17-33)57-48(64)42-22-13-25-58(42)49(34)65/h2,4-5,8-9,14-15,19-20,30,33-34,38-42,53H,3,6-7,10-13,16-18,21-29H2,1H3,(H3,50,51)(H,52,61)(H,54,59)(H,55,63)(H,56,62)(H,57,64)/t34-,38-,39+,40-,41+,42+/m1/s1. The van der Waals surface area contributed by atoms with E-state index in [4.69, 9.17) is 11.1 Å². The molecule has 2 aliphatic heterocycles. The number of aromatic amines is 1. The van der Waals surface area contributed by atoms with Gasteiger partial charge in [-0.05, 0) is 74.5 Å². The molecule has 1 saturated carbocycles. The summed E-state index contributed by atoms with van der Waals surface area (Å²) in [5.41, 5.74) is 8.10. The predicted molar refractivity (Wildman–Crippen MR) is 247 cm³/mol. The van der Waals surface area contributed by atoms with E-state index in [9.17, 15) is 33.6 Å². The van der Waals surface area contributed by atoms with Crippen LogP contribution in [0, 0.1) is 17.2 Å². The largest absolute Gasteiger partial charge is 0.388 e. The summed E-state index contributed by atoms with van der Waals surface area (Å²) < 4.78 is 0. The first-order chi connectivity index (χ1) is 31.4. The Bertz CT molecular complexity index is 2150. The normalized spacial score (nSPS) is 23.6. The molecule has 3 aromatic rings. The van der Waals surface area contributed by atoms with Crippen LogP contribution in [0.4, 0.5) is 0 Å². The average Bonchev–Trinajstić information content (AvgIpc) is 3.95. The molecule has 2 saturated heterocycles. The number of fused-ring (bicyclic) bond motifs is 2. The monoisotopic (exact) mass is 894 g/mol.